The number of quaternary nitrogens is 1. The van der Waals surface area contributed by atoms with E-state index in [1.54, 1.807) is 0 Å². The Morgan fingerprint density at radius 1 is 0.370 bits per heavy atom. The molecule has 0 aliphatic carbocycles. The van der Waals surface area contributed by atoms with Gasteiger partial charge in [0.05, 0.1) is 34.4 Å². The van der Waals surface area contributed by atoms with E-state index in [9.17, 15) is 19.5 Å². The fraction of sp³-hybridized carbons (Fsp3) is 0.736. The van der Waals surface area contributed by atoms with Gasteiger partial charge in [0.25, 0.3) is 6.29 Å². The molecular formula is C72H126NO8+. The molecule has 0 aliphatic rings. The number of ether oxygens (including phenoxy) is 4. The monoisotopic (exact) mass is 1130 g/mol. The van der Waals surface area contributed by atoms with Crippen LogP contribution in [0.25, 0.3) is 0 Å². The Morgan fingerprint density at radius 3 is 0.988 bits per heavy atom. The van der Waals surface area contributed by atoms with Crippen LogP contribution in [0.5, 0.6) is 0 Å². The second kappa shape index (κ2) is 62.3. The van der Waals surface area contributed by atoms with Crippen LogP contribution in [0.1, 0.15) is 284 Å². The van der Waals surface area contributed by atoms with Crippen molar-refractivity contribution in [2.24, 2.45) is 0 Å². The van der Waals surface area contributed by atoms with Gasteiger partial charge in [0.2, 0.25) is 0 Å². The van der Waals surface area contributed by atoms with Gasteiger partial charge < -0.3 is 28.5 Å². The van der Waals surface area contributed by atoms with E-state index < -0.39 is 24.3 Å². The molecule has 81 heavy (non-hydrogen) atoms. The molecular weight excluding hydrogens is 1010 g/mol. The van der Waals surface area contributed by atoms with E-state index in [2.05, 4.69) is 111 Å². The summed E-state index contributed by atoms with van der Waals surface area (Å²) in [5, 5.41) is 9.72. The van der Waals surface area contributed by atoms with E-state index in [0.717, 1.165) is 103 Å². The summed E-state index contributed by atoms with van der Waals surface area (Å²) >= 11 is 0. The van der Waals surface area contributed by atoms with Gasteiger partial charge in [0.15, 0.2) is 6.10 Å². The lowest BCUT2D eigenvalue weighted by Gasteiger charge is -2.25. The number of carboxylic acid groups (broad SMARTS) is 1. The van der Waals surface area contributed by atoms with Crippen LogP contribution in [-0.2, 0) is 33.3 Å². The number of carbonyl (C=O) groups is 3. The molecule has 0 saturated heterocycles. The molecule has 0 spiro atoms. The highest BCUT2D eigenvalue weighted by Gasteiger charge is 2.25. The van der Waals surface area contributed by atoms with Crippen LogP contribution in [0.3, 0.4) is 0 Å². The lowest BCUT2D eigenvalue weighted by molar-refractivity contribution is -0.870. The number of allylic oxidation sites excluding steroid dienone is 16. The van der Waals surface area contributed by atoms with Crippen LogP contribution in [-0.4, -0.2) is 87.4 Å². The molecule has 0 aliphatic heterocycles. The van der Waals surface area contributed by atoms with E-state index in [1.165, 1.54) is 154 Å². The zero-order valence-corrected chi connectivity index (χ0v) is 53.2. The van der Waals surface area contributed by atoms with Crippen molar-refractivity contribution in [3.63, 3.8) is 0 Å². The van der Waals surface area contributed by atoms with E-state index in [4.69, 9.17) is 18.9 Å². The smallest absolute Gasteiger partial charge is 0.361 e. The van der Waals surface area contributed by atoms with Crippen molar-refractivity contribution in [2.75, 3.05) is 47.5 Å². The number of hydrogen-bond donors (Lipinski definition) is 1. The molecule has 0 saturated carbocycles. The number of carbonyl (C=O) groups excluding carboxylic acids is 2. The maximum absolute atomic E-state index is 12.9. The third-order valence-electron chi connectivity index (χ3n) is 14.3. The van der Waals surface area contributed by atoms with E-state index in [0.29, 0.717) is 11.0 Å². The summed E-state index contributed by atoms with van der Waals surface area (Å²) in [6, 6.07) is 0. The van der Waals surface area contributed by atoms with Gasteiger partial charge in [0.1, 0.15) is 13.2 Å². The number of hydrogen-bond acceptors (Lipinski definition) is 7. The molecule has 1 N–H and O–H groups in total. The van der Waals surface area contributed by atoms with Crippen molar-refractivity contribution >= 4 is 17.9 Å². The van der Waals surface area contributed by atoms with E-state index >= 15 is 0 Å². The number of rotatable bonds is 61. The number of likely N-dealkylation sites (N-methyl/N-ethyl adjacent to an activating group) is 1. The topological polar surface area (TPSA) is 108 Å². The molecule has 0 rings (SSSR count). The molecule has 466 valence electrons. The molecule has 2 atom stereocenters. The quantitative estimate of drug-likeness (QED) is 0.0211. The summed E-state index contributed by atoms with van der Waals surface area (Å²) in [5.74, 6) is -2.01. The minimum Gasteiger partial charge on any atom is -0.477 e. The van der Waals surface area contributed by atoms with Crippen molar-refractivity contribution in [1.82, 2.24) is 0 Å². The number of unbranched alkanes of at least 4 members (excludes halogenated alkanes) is 30. The van der Waals surface area contributed by atoms with Crippen molar-refractivity contribution in [3.8, 4) is 0 Å². The van der Waals surface area contributed by atoms with Crippen LogP contribution in [0.4, 0.5) is 0 Å². The Hall–Kier alpha value is -3.79. The summed E-state index contributed by atoms with van der Waals surface area (Å²) in [6.07, 6.45) is 82.4. The van der Waals surface area contributed by atoms with Gasteiger partial charge >= 0.3 is 17.9 Å². The molecule has 0 aromatic rings. The van der Waals surface area contributed by atoms with Crippen LogP contribution in [0, 0.1) is 0 Å². The second-order valence-electron chi connectivity index (χ2n) is 23.4. The Kier molecular flexibility index (Phi) is 59.3. The summed E-state index contributed by atoms with van der Waals surface area (Å²) in [7, 11) is 5.97. The Labute approximate surface area is 499 Å². The standard InChI is InChI=1S/C72H125NO8/c1-6-8-10-12-14-16-18-20-22-24-25-26-27-28-29-30-31-32-33-34-35-36-37-38-39-40-41-42-43-44-45-47-49-51-53-55-57-59-61-63-70(75)81-68(67-80-72(71(76)77)78-65-64-73(3,4)5)66-79-69(74)62-60-58-56-54-52-50-48-46-23-21-19-17-15-13-11-9-7-2/h8-11,14-17,20-23,25-26,28-29,68,72H,6-7,12-13,18-19,24,27,30-67H2,1-5H3/p+1/b10-8-,11-9-,16-14-,17-15-,22-20-,23-21-,26-25-,29-28-. The van der Waals surface area contributed by atoms with Gasteiger partial charge in [-0.05, 0) is 89.9 Å². The summed E-state index contributed by atoms with van der Waals surface area (Å²) in [5.41, 5.74) is 0. The Balaban J connectivity index is 4.00. The SMILES string of the molecule is CC/C=C\C/C=C\C/C=C\C/C=C\C/C=C\CCCCCCCCCCCCCCCCCCCCCCCCCC(=O)OC(COC(=O)CCCCCCCCC/C=C\C/C=C\C/C=C\CC)COC(OCC[N+](C)(C)C)C(=O)O. The minimum atomic E-state index is -1.51. The van der Waals surface area contributed by atoms with Crippen LogP contribution >= 0.6 is 0 Å². The molecule has 0 aromatic heterocycles. The average Bonchev–Trinajstić information content (AvgIpc) is 3.44. The van der Waals surface area contributed by atoms with Crippen LogP contribution in [0.15, 0.2) is 97.2 Å². The predicted octanol–water partition coefficient (Wildman–Crippen LogP) is 20.5. The lowest BCUT2D eigenvalue weighted by atomic mass is 10.0. The number of carboxylic acids is 1. The molecule has 9 nitrogen and oxygen atoms in total. The van der Waals surface area contributed by atoms with Gasteiger partial charge in [-0.1, -0.05) is 278 Å². The van der Waals surface area contributed by atoms with E-state index in [-0.39, 0.29) is 38.6 Å². The number of esters is 2. The molecule has 0 amide bonds. The van der Waals surface area contributed by atoms with Gasteiger partial charge in [-0.2, -0.15) is 0 Å². The molecule has 0 radical (unpaired) electrons. The van der Waals surface area contributed by atoms with Crippen molar-refractivity contribution in [3.05, 3.63) is 97.2 Å². The fourth-order valence-electron chi connectivity index (χ4n) is 9.29. The number of nitrogens with zero attached hydrogens (tertiary/aromatic N) is 1. The first-order chi connectivity index (χ1) is 39.6. The highest BCUT2D eigenvalue weighted by atomic mass is 16.7. The fourth-order valence-corrected chi connectivity index (χ4v) is 9.29. The normalized spacial score (nSPS) is 13.3. The van der Waals surface area contributed by atoms with Crippen molar-refractivity contribution < 1.29 is 42.9 Å². The summed E-state index contributed by atoms with van der Waals surface area (Å²) in [6.45, 7) is 4.66. The molecule has 9 heteroatoms. The summed E-state index contributed by atoms with van der Waals surface area (Å²) < 4.78 is 22.9. The highest BCUT2D eigenvalue weighted by molar-refractivity contribution is 5.71. The van der Waals surface area contributed by atoms with Gasteiger partial charge in [0, 0.05) is 12.8 Å². The highest BCUT2D eigenvalue weighted by Crippen LogP contribution is 2.17. The third-order valence-corrected chi connectivity index (χ3v) is 14.3. The molecule has 0 aromatic carbocycles. The Bertz CT molecular complexity index is 1650. The summed E-state index contributed by atoms with van der Waals surface area (Å²) in [4.78, 5) is 37.5. The van der Waals surface area contributed by atoms with Crippen LogP contribution < -0.4 is 0 Å². The van der Waals surface area contributed by atoms with Gasteiger partial charge in [-0.25, -0.2) is 4.79 Å². The minimum absolute atomic E-state index is 0.184. The van der Waals surface area contributed by atoms with Gasteiger partial charge in [-0.3, -0.25) is 9.59 Å². The first kappa shape index (κ1) is 77.2. The average molecular weight is 1130 g/mol. The van der Waals surface area contributed by atoms with Crippen LogP contribution in [0.2, 0.25) is 0 Å². The second-order valence-corrected chi connectivity index (χ2v) is 23.4. The first-order valence-corrected chi connectivity index (χ1v) is 33.4. The lowest BCUT2D eigenvalue weighted by Crippen LogP contribution is -2.40. The van der Waals surface area contributed by atoms with Crippen molar-refractivity contribution in [2.45, 2.75) is 296 Å². The first-order valence-electron chi connectivity index (χ1n) is 33.4. The van der Waals surface area contributed by atoms with E-state index in [1.807, 2.05) is 21.1 Å². The molecule has 0 bridgehead atoms. The predicted molar refractivity (Wildman–Crippen MR) is 345 cm³/mol. The third kappa shape index (κ3) is 63.6. The molecule has 0 heterocycles. The zero-order chi connectivity index (χ0) is 59.1. The zero-order valence-electron chi connectivity index (χ0n) is 53.2. The molecule has 2 unspecified atom stereocenters. The largest absolute Gasteiger partial charge is 0.477 e. The maximum Gasteiger partial charge on any atom is 0.361 e. The maximum atomic E-state index is 12.9. The molecule has 0 fully saturated rings. The van der Waals surface area contributed by atoms with Crippen molar-refractivity contribution in [1.29, 1.82) is 0 Å². The Morgan fingerprint density at radius 2 is 0.667 bits per heavy atom. The number of aliphatic carboxylic acids is 1. The van der Waals surface area contributed by atoms with Gasteiger partial charge in [-0.15, -0.1) is 0 Å².